The van der Waals surface area contributed by atoms with Gasteiger partial charge in [-0.2, -0.15) is 0 Å². The molecule has 2 amide bonds. The zero-order valence-corrected chi connectivity index (χ0v) is 11.0. The first kappa shape index (κ1) is 14.9. The third kappa shape index (κ3) is 7.03. The van der Waals surface area contributed by atoms with Crippen LogP contribution in [0.3, 0.4) is 0 Å². The molecule has 0 aliphatic heterocycles. The quantitative estimate of drug-likeness (QED) is 0.566. The maximum atomic E-state index is 11.5. The number of nitrogens with one attached hydrogen (secondary N) is 2. The molecule has 1 heterocycles. The largest absolute Gasteiger partial charge is 0.465 e. The summed E-state index contributed by atoms with van der Waals surface area (Å²) in [6.45, 7) is 3.21. The van der Waals surface area contributed by atoms with E-state index in [4.69, 9.17) is 4.74 Å². The fourth-order valence-electron chi connectivity index (χ4n) is 1.40. The lowest BCUT2D eigenvalue weighted by molar-refractivity contribution is -0.142. The van der Waals surface area contributed by atoms with Gasteiger partial charge < -0.3 is 15.4 Å². The predicted molar refractivity (Wildman–Crippen MR) is 70.6 cm³/mol. The molecular formula is C13H19N3O3. The van der Waals surface area contributed by atoms with E-state index in [0.717, 1.165) is 5.56 Å². The molecule has 19 heavy (non-hydrogen) atoms. The number of urea groups is 1. The van der Waals surface area contributed by atoms with Gasteiger partial charge in [0.05, 0.1) is 13.0 Å². The van der Waals surface area contributed by atoms with Gasteiger partial charge >= 0.3 is 12.0 Å². The first-order valence-electron chi connectivity index (χ1n) is 6.28. The van der Waals surface area contributed by atoms with Crippen molar-refractivity contribution in [3.63, 3.8) is 0 Å². The summed E-state index contributed by atoms with van der Waals surface area (Å²) in [4.78, 5) is 26.4. The average Bonchev–Trinajstić information content (AvgIpc) is 2.40. The van der Waals surface area contributed by atoms with E-state index in [0.29, 0.717) is 26.1 Å². The van der Waals surface area contributed by atoms with Gasteiger partial charge in [-0.3, -0.25) is 9.78 Å². The van der Waals surface area contributed by atoms with Crippen LogP contribution in [0.2, 0.25) is 0 Å². The van der Waals surface area contributed by atoms with Crippen molar-refractivity contribution in [2.24, 2.45) is 0 Å². The summed E-state index contributed by atoms with van der Waals surface area (Å²) >= 11 is 0. The Morgan fingerprint density at radius 1 is 1.37 bits per heavy atom. The van der Waals surface area contributed by atoms with E-state index in [1.807, 2.05) is 13.0 Å². The van der Waals surface area contributed by atoms with Gasteiger partial charge in [0.25, 0.3) is 0 Å². The number of rotatable bonds is 7. The van der Waals surface area contributed by atoms with Crippen LogP contribution in [0.1, 0.15) is 18.9 Å². The lowest BCUT2D eigenvalue weighted by Crippen LogP contribution is -2.36. The van der Waals surface area contributed by atoms with Crippen LogP contribution in [-0.2, 0) is 16.0 Å². The molecule has 1 aromatic heterocycles. The van der Waals surface area contributed by atoms with Gasteiger partial charge in [0.15, 0.2) is 0 Å². The van der Waals surface area contributed by atoms with Crippen LogP contribution in [0.5, 0.6) is 0 Å². The number of amides is 2. The molecule has 1 aromatic rings. The summed E-state index contributed by atoms with van der Waals surface area (Å²) in [5.74, 6) is -0.286. The van der Waals surface area contributed by atoms with E-state index in [1.165, 1.54) is 0 Å². The number of hydrogen-bond donors (Lipinski definition) is 2. The van der Waals surface area contributed by atoms with Crippen LogP contribution in [0, 0.1) is 0 Å². The van der Waals surface area contributed by atoms with Crippen molar-refractivity contribution in [2.75, 3.05) is 19.7 Å². The molecule has 0 bridgehead atoms. The number of esters is 1. The summed E-state index contributed by atoms with van der Waals surface area (Å²) in [6, 6.07) is 3.40. The summed E-state index contributed by atoms with van der Waals surface area (Å²) in [5.41, 5.74) is 0.827. The molecule has 6 nitrogen and oxygen atoms in total. The van der Waals surface area contributed by atoms with Gasteiger partial charge in [0, 0.05) is 25.5 Å². The average molecular weight is 265 g/mol. The van der Waals surface area contributed by atoms with Gasteiger partial charge in [-0.1, -0.05) is 6.07 Å². The fourth-order valence-corrected chi connectivity index (χ4v) is 1.40. The highest BCUT2D eigenvalue weighted by atomic mass is 16.5. The molecule has 0 aliphatic carbocycles. The van der Waals surface area contributed by atoms with E-state index < -0.39 is 0 Å². The van der Waals surface area contributed by atoms with Crippen LogP contribution in [0.25, 0.3) is 0 Å². The number of ether oxygens (including phenoxy) is 1. The maximum absolute atomic E-state index is 11.5. The number of hydrogen-bond acceptors (Lipinski definition) is 4. The smallest absolute Gasteiger partial charge is 0.314 e. The highest BCUT2D eigenvalue weighted by Crippen LogP contribution is 1.98. The van der Waals surface area contributed by atoms with E-state index >= 15 is 0 Å². The molecule has 0 aromatic carbocycles. The Labute approximate surface area is 112 Å². The molecule has 0 aliphatic rings. The second-order valence-corrected chi connectivity index (χ2v) is 3.90. The third-order valence-corrected chi connectivity index (χ3v) is 2.28. The van der Waals surface area contributed by atoms with Crippen molar-refractivity contribution in [1.82, 2.24) is 15.6 Å². The highest BCUT2D eigenvalue weighted by Gasteiger charge is 2.04. The SMILES string of the molecule is CCNC(=O)NCCCOC(=O)Cc1cccnc1. The van der Waals surface area contributed by atoms with Gasteiger partial charge in [0.1, 0.15) is 0 Å². The van der Waals surface area contributed by atoms with Crippen molar-refractivity contribution < 1.29 is 14.3 Å². The molecule has 1 rings (SSSR count). The molecule has 0 atom stereocenters. The second-order valence-electron chi connectivity index (χ2n) is 3.90. The van der Waals surface area contributed by atoms with Crippen molar-refractivity contribution in [3.05, 3.63) is 30.1 Å². The predicted octanol–water partition coefficient (Wildman–Crippen LogP) is 0.876. The Hall–Kier alpha value is -2.11. The first-order chi connectivity index (χ1) is 9.22. The van der Waals surface area contributed by atoms with Crippen LogP contribution < -0.4 is 10.6 Å². The maximum Gasteiger partial charge on any atom is 0.314 e. The molecule has 0 saturated carbocycles. The van der Waals surface area contributed by atoms with Crippen molar-refractivity contribution in [3.8, 4) is 0 Å². The Bertz CT molecular complexity index is 395. The zero-order chi connectivity index (χ0) is 13.9. The standard InChI is InChI=1S/C13H19N3O3/c1-2-15-13(18)16-7-4-8-19-12(17)9-11-5-3-6-14-10-11/h3,5-6,10H,2,4,7-9H2,1H3,(H2,15,16,18). The summed E-state index contributed by atoms with van der Waals surface area (Å²) in [5, 5.41) is 5.27. The lowest BCUT2D eigenvalue weighted by atomic mass is 10.2. The van der Waals surface area contributed by atoms with Gasteiger partial charge in [-0.05, 0) is 25.0 Å². The Kier molecular flexibility index (Phi) is 7.01. The topological polar surface area (TPSA) is 80.3 Å². The minimum atomic E-state index is -0.286. The molecule has 0 fully saturated rings. The molecule has 0 spiro atoms. The number of aromatic nitrogens is 1. The number of carbonyl (C=O) groups excluding carboxylic acids is 2. The summed E-state index contributed by atoms with van der Waals surface area (Å²) in [6.07, 6.45) is 4.10. The van der Waals surface area contributed by atoms with Crippen LogP contribution in [0.15, 0.2) is 24.5 Å². The molecule has 104 valence electrons. The monoisotopic (exact) mass is 265 g/mol. The van der Waals surface area contributed by atoms with E-state index in [2.05, 4.69) is 15.6 Å². The normalized spacial score (nSPS) is 9.74. The Balaban J connectivity index is 2.06. The Morgan fingerprint density at radius 3 is 2.89 bits per heavy atom. The van der Waals surface area contributed by atoms with Gasteiger partial charge in [-0.25, -0.2) is 4.79 Å². The molecular weight excluding hydrogens is 246 g/mol. The first-order valence-corrected chi connectivity index (χ1v) is 6.28. The van der Waals surface area contributed by atoms with Crippen LogP contribution >= 0.6 is 0 Å². The number of pyridine rings is 1. The third-order valence-electron chi connectivity index (χ3n) is 2.28. The molecule has 2 N–H and O–H groups in total. The number of nitrogens with zero attached hydrogens (tertiary/aromatic N) is 1. The molecule has 0 unspecified atom stereocenters. The number of carbonyl (C=O) groups is 2. The molecule has 0 saturated heterocycles. The second kappa shape index (κ2) is 8.91. The minimum absolute atomic E-state index is 0.204. The van der Waals surface area contributed by atoms with Crippen molar-refractivity contribution >= 4 is 12.0 Å². The van der Waals surface area contributed by atoms with Gasteiger partial charge in [0.2, 0.25) is 0 Å². The lowest BCUT2D eigenvalue weighted by Gasteiger charge is -2.06. The summed E-state index contributed by atoms with van der Waals surface area (Å²) in [7, 11) is 0. The van der Waals surface area contributed by atoms with E-state index in [-0.39, 0.29) is 18.4 Å². The van der Waals surface area contributed by atoms with E-state index in [9.17, 15) is 9.59 Å². The van der Waals surface area contributed by atoms with Crippen LogP contribution in [-0.4, -0.2) is 36.7 Å². The zero-order valence-electron chi connectivity index (χ0n) is 11.0. The Morgan fingerprint density at radius 2 is 2.21 bits per heavy atom. The van der Waals surface area contributed by atoms with Crippen molar-refractivity contribution in [2.45, 2.75) is 19.8 Å². The highest BCUT2D eigenvalue weighted by molar-refractivity contribution is 5.73. The molecule has 6 heteroatoms. The van der Waals surface area contributed by atoms with Crippen molar-refractivity contribution in [1.29, 1.82) is 0 Å². The van der Waals surface area contributed by atoms with Gasteiger partial charge in [-0.15, -0.1) is 0 Å². The summed E-state index contributed by atoms with van der Waals surface area (Å²) < 4.78 is 5.05. The molecule has 0 radical (unpaired) electrons. The minimum Gasteiger partial charge on any atom is -0.465 e. The van der Waals surface area contributed by atoms with Crippen LogP contribution in [0.4, 0.5) is 4.79 Å². The van der Waals surface area contributed by atoms with E-state index in [1.54, 1.807) is 18.5 Å². The fraction of sp³-hybridized carbons (Fsp3) is 0.462.